The monoisotopic (exact) mass is 170 g/mol. The van der Waals surface area contributed by atoms with Crippen LogP contribution in [0.15, 0.2) is 30.3 Å². The Hall–Kier alpha value is -0.850. The second-order valence-corrected chi connectivity index (χ2v) is 2.00. The van der Waals surface area contributed by atoms with E-state index in [-0.39, 0.29) is 5.82 Å². The zero-order valence-electron chi connectivity index (χ0n) is 8.47. The van der Waals surface area contributed by atoms with Crippen LogP contribution in [-0.2, 0) is 0 Å². The summed E-state index contributed by atoms with van der Waals surface area (Å²) in [5.74, 6) is -0.178. The Morgan fingerprint density at radius 3 is 1.50 bits per heavy atom. The van der Waals surface area contributed by atoms with Crippen LogP contribution in [0.4, 0.5) is 4.39 Å². The van der Waals surface area contributed by atoms with Gasteiger partial charge in [-0.15, -0.1) is 0 Å². The first-order valence-electron chi connectivity index (χ1n) is 4.51. The Balaban J connectivity index is 0. The average molecular weight is 170 g/mol. The fourth-order valence-electron chi connectivity index (χ4n) is 0.415. The van der Waals surface area contributed by atoms with Crippen LogP contribution in [0, 0.1) is 5.82 Å². The van der Waals surface area contributed by atoms with E-state index in [2.05, 4.69) is 13.8 Å². The van der Waals surface area contributed by atoms with Crippen LogP contribution in [0.25, 0.3) is 0 Å². The van der Waals surface area contributed by atoms with Gasteiger partial charge in [0.25, 0.3) is 0 Å². The lowest BCUT2D eigenvalue weighted by molar-refractivity contribution is 0.628. The predicted molar refractivity (Wildman–Crippen MR) is 53.7 cm³/mol. The first-order valence-corrected chi connectivity index (χ1v) is 4.51. The molecular weight excluding hydrogens is 151 g/mol. The maximum atomic E-state index is 11.9. The van der Waals surface area contributed by atoms with Crippen molar-refractivity contribution in [2.75, 3.05) is 0 Å². The topological polar surface area (TPSA) is 0 Å². The summed E-state index contributed by atoms with van der Waals surface area (Å²) in [4.78, 5) is 0. The SMILES string of the molecule is CC.CCC.Fc1ccccc1. The number of hydrogen-bond donors (Lipinski definition) is 0. The second kappa shape index (κ2) is 12.8. The largest absolute Gasteiger partial charge is 0.207 e. The number of rotatable bonds is 0. The van der Waals surface area contributed by atoms with E-state index in [0.717, 1.165) is 0 Å². The summed E-state index contributed by atoms with van der Waals surface area (Å²) in [6, 6.07) is 7.94. The molecule has 0 saturated carbocycles. The molecule has 0 amide bonds. The molecule has 0 aliphatic heterocycles. The maximum Gasteiger partial charge on any atom is 0.123 e. The third-order valence-electron chi connectivity index (χ3n) is 0.733. The molecule has 0 radical (unpaired) electrons. The minimum atomic E-state index is -0.178. The number of benzene rings is 1. The fourth-order valence-corrected chi connectivity index (χ4v) is 0.415. The van der Waals surface area contributed by atoms with Gasteiger partial charge in [0.2, 0.25) is 0 Å². The molecule has 0 saturated heterocycles. The van der Waals surface area contributed by atoms with Crippen LogP contribution < -0.4 is 0 Å². The molecule has 0 unspecified atom stereocenters. The lowest BCUT2D eigenvalue weighted by Gasteiger charge is -1.78. The van der Waals surface area contributed by atoms with Crippen LogP contribution in [0.3, 0.4) is 0 Å². The van der Waals surface area contributed by atoms with Crippen molar-refractivity contribution in [1.29, 1.82) is 0 Å². The van der Waals surface area contributed by atoms with E-state index in [1.54, 1.807) is 18.2 Å². The van der Waals surface area contributed by atoms with Gasteiger partial charge in [-0.1, -0.05) is 52.3 Å². The van der Waals surface area contributed by atoms with Crippen molar-refractivity contribution >= 4 is 0 Å². The van der Waals surface area contributed by atoms with Gasteiger partial charge in [0.1, 0.15) is 5.82 Å². The van der Waals surface area contributed by atoms with Crippen LogP contribution in [0.5, 0.6) is 0 Å². The van der Waals surface area contributed by atoms with Crippen molar-refractivity contribution in [2.45, 2.75) is 34.1 Å². The summed E-state index contributed by atoms with van der Waals surface area (Å²) < 4.78 is 11.9. The lowest BCUT2D eigenvalue weighted by Crippen LogP contribution is -1.63. The molecule has 0 nitrogen and oxygen atoms in total. The van der Waals surface area contributed by atoms with Crippen molar-refractivity contribution < 1.29 is 4.39 Å². The van der Waals surface area contributed by atoms with E-state index in [9.17, 15) is 4.39 Å². The number of hydrogen-bond acceptors (Lipinski definition) is 0. The van der Waals surface area contributed by atoms with Crippen molar-refractivity contribution in [2.24, 2.45) is 0 Å². The molecule has 0 aromatic heterocycles. The van der Waals surface area contributed by atoms with Gasteiger partial charge in [-0.05, 0) is 12.1 Å². The molecule has 0 fully saturated rings. The number of halogens is 1. The molecule has 0 atom stereocenters. The molecular formula is C11H19F. The highest BCUT2D eigenvalue weighted by Crippen LogP contribution is 1.91. The first-order chi connectivity index (χ1) is 5.81. The lowest BCUT2D eigenvalue weighted by atomic mass is 10.4. The van der Waals surface area contributed by atoms with E-state index in [0.29, 0.717) is 0 Å². The van der Waals surface area contributed by atoms with Crippen LogP contribution in [0.2, 0.25) is 0 Å². The highest BCUT2D eigenvalue weighted by Gasteiger charge is 1.77. The smallest absolute Gasteiger partial charge is 0.123 e. The summed E-state index contributed by atoms with van der Waals surface area (Å²) in [5.41, 5.74) is 0. The average Bonchev–Trinajstić information content (AvgIpc) is 2.11. The minimum absolute atomic E-state index is 0.178. The Bertz CT molecular complexity index is 146. The molecule has 1 aromatic rings. The maximum absolute atomic E-state index is 11.9. The minimum Gasteiger partial charge on any atom is -0.207 e. The summed E-state index contributed by atoms with van der Waals surface area (Å²) in [7, 11) is 0. The zero-order valence-corrected chi connectivity index (χ0v) is 8.47. The molecule has 0 heterocycles. The highest BCUT2D eigenvalue weighted by atomic mass is 19.1. The van der Waals surface area contributed by atoms with Gasteiger partial charge < -0.3 is 0 Å². The molecule has 0 spiro atoms. The normalized spacial score (nSPS) is 7.08. The summed E-state index contributed by atoms with van der Waals surface area (Å²) in [6.45, 7) is 8.25. The van der Waals surface area contributed by atoms with Crippen LogP contribution in [0.1, 0.15) is 34.1 Å². The third-order valence-corrected chi connectivity index (χ3v) is 0.733. The highest BCUT2D eigenvalue weighted by molar-refractivity contribution is 5.02. The van der Waals surface area contributed by atoms with E-state index < -0.39 is 0 Å². The zero-order chi connectivity index (χ0) is 9.82. The summed E-state index contributed by atoms with van der Waals surface area (Å²) in [6.07, 6.45) is 1.25. The van der Waals surface area contributed by atoms with E-state index >= 15 is 0 Å². The Labute approximate surface area is 75.4 Å². The Kier molecular flexibility index (Phi) is 14.6. The first kappa shape index (κ1) is 13.7. The predicted octanol–water partition coefficient (Wildman–Crippen LogP) is 4.27. The van der Waals surface area contributed by atoms with Crippen molar-refractivity contribution in [1.82, 2.24) is 0 Å². The summed E-state index contributed by atoms with van der Waals surface area (Å²) in [5, 5.41) is 0. The molecule has 0 bridgehead atoms. The van der Waals surface area contributed by atoms with Gasteiger partial charge in [-0.3, -0.25) is 0 Å². The van der Waals surface area contributed by atoms with Gasteiger partial charge in [0.05, 0.1) is 0 Å². The molecule has 1 heteroatoms. The molecule has 1 aromatic carbocycles. The van der Waals surface area contributed by atoms with Gasteiger partial charge >= 0.3 is 0 Å². The third kappa shape index (κ3) is 11.9. The quantitative estimate of drug-likeness (QED) is 0.545. The molecule has 0 aliphatic carbocycles. The van der Waals surface area contributed by atoms with Gasteiger partial charge in [0, 0.05) is 0 Å². The van der Waals surface area contributed by atoms with E-state index in [4.69, 9.17) is 0 Å². The molecule has 0 aliphatic rings. The second-order valence-electron chi connectivity index (χ2n) is 2.00. The molecule has 70 valence electrons. The Morgan fingerprint density at radius 2 is 1.33 bits per heavy atom. The van der Waals surface area contributed by atoms with Gasteiger partial charge in [0.15, 0.2) is 0 Å². The standard InChI is InChI=1S/C6H5F.C3H8.C2H6/c7-6-4-2-1-3-5-6;1-3-2;1-2/h1-5H;3H2,1-2H3;1-2H3. The molecule has 1 rings (SSSR count). The fraction of sp³-hybridized carbons (Fsp3) is 0.455. The molecule has 12 heavy (non-hydrogen) atoms. The van der Waals surface area contributed by atoms with Crippen molar-refractivity contribution in [3.05, 3.63) is 36.1 Å². The van der Waals surface area contributed by atoms with Crippen LogP contribution >= 0.6 is 0 Å². The van der Waals surface area contributed by atoms with E-state index in [1.165, 1.54) is 18.6 Å². The van der Waals surface area contributed by atoms with E-state index in [1.807, 2.05) is 13.8 Å². The van der Waals surface area contributed by atoms with Crippen molar-refractivity contribution in [3.63, 3.8) is 0 Å². The Morgan fingerprint density at radius 1 is 1.00 bits per heavy atom. The molecule has 0 N–H and O–H groups in total. The van der Waals surface area contributed by atoms with Gasteiger partial charge in [-0.2, -0.15) is 0 Å². The van der Waals surface area contributed by atoms with Crippen LogP contribution in [-0.4, -0.2) is 0 Å². The van der Waals surface area contributed by atoms with Gasteiger partial charge in [-0.25, -0.2) is 4.39 Å². The van der Waals surface area contributed by atoms with Crippen molar-refractivity contribution in [3.8, 4) is 0 Å². The summed E-state index contributed by atoms with van der Waals surface area (Å²) >= 11 is 0.